The van der Waals surface area contributed by atoms with Gasteiger partial charge in [0.15, 0.2) is 0 Å². The number of hydrogen-bond donors (Lipinski definition) is 1. The molecule has 5 aromatic carbocycles. The molecule has 1 nitrogen and oxygen atoms in total. The third kappa shape index (κ3) is 3.00. The third-order valence-corrected chi connectivity index (χ3v) is 7.13. The average Bonchev–Trinajstić information content (AvgIpc) is 3.17. The van der Waals surface area contributed by atoms with Crippen LogP contribution in [0.15, 0.2) is 84.9 Å². The van der Waals surface area contributed by atoms with E-state index in [1.54, 1.807) is 0 Å². The van der Waals surface area contributed by atoms with Crippen LogP contribution in [0, 0.1) is 27.7 Å². The Kier molecular flexibility index (Phi) is 4.41. The molecule has 0 amide bonds. The van der Waals surface area contributed by atoms with Crippen LogP contribution in [0.25, 0.3) is 54.8 Å². The molecular formula is C32H27N. The summed E-state index contributed by atoms with van der Waals surface area (Å²) < 4.78 is 0. The number of aryl methyl sites for hydroxylation is 4. The van der Waals surface area contributed by atoms with E-state index in [4.69, 9.17) is 0 Å². The summed E-state index contributed by atoms with van der Waals surface area (Å²) in [4.78, 5) is 3.74. The number of aromatic nitrogens is 1. The van der Waals surface area contributed by atoms with Gasteiger partial charge >= 0.3 is 0 Å². The van der Waals surface area contributed by atoms with E-state index in [9.17, 15) is 0 Å². The van der Waals surface area contributed by atoms with Crippen LogP contribution in [0.5, 0.6) is 0 Å². The second-order valence-electron chi connectivity index (χ2n) is 9.31. The molecule has 0 aliphatic heterocycles. The largest absolute Gasteiger partial charge is 0.354 e. The van der Waals surface area contributed by atoms with Crippen molar-refractivity contribution in [3.05, 3.63) is 107 Å². The minimum absolute atomic E-state index is 1.18. The summed E-state index contributed by atoms with van der Waals surface area (Å²) in [6.45, 7) is 8.84. The van der Waals surface area contributed by atoms with Crippen molar-refractivity contribution in [1.82, 2.24) is 4.98 Å². The van der Waals surface area contributed by atoms with Crippen molar-refractivity contribution in [2.45, 2.75) is 27.7 Å². The lowest BCUT2D eigenvalue weighted by Crippen LogP contribution is -1.90. The Balaban J connectivity index is 1.73. The quantitative estimate of drug-likeness (QED) is 0.285. The van der Waals surface area contributed by atoms with Crippen LogP contribution in [0.2, 0.25) is 0 Å². The van der Waals surface area contributed by atoms with E-state index < -0.39 is 0 Å². The summed E-state index contributed by atoms with van der Waals surface area (Å²) in [7, 11) is 0. The summed E-state index contributed by atoms with van der Waals surface area (Å²) in [5, 5.41) is 5.14. The predicted octanol–water partition coefficient (Wildman–Crippen LogP) is 9.04. The summed E-state index contributed by atoms with van der Waals surface area (Å²) in [5.74, 6) is 0. The van der Waals surface area contributed by atoms with Crippen molar-refractivity contribution in [2.24, 2.45) is 0 Å². The normalized spacial score (nSPS) is 11.6. The zero-order valence-electron chi connectivity index (χ0n) is 19.6. The molecule has 1 heteroatoms. The van der Waals surface area contributed by atoms with Crippen LogP contribution in [0.4, 0.5) is 0 Å². The van der Waals surface area contributed by atoms with Gasteiger partial charge in [-0.1, -0.05) is 66.7 Å². The molecule has 33 heavy (non-hydrogen) atoms. The first-order valence-electron chi connectivity index (χ1n) is 11.6. The lowest BCUT2D eigenvalue weighted by Gasteiger charge is -2.14. The second kappa shape index (κ2) is 7.35. The predicted molar refractivity (Wildman–Crippen MR) is 143 cm³/mol. The van der Waals surface area contributed by atoms with Gasteiger partial charge in [-0.25, -0.2) is 0 Å². The Labute approximate surface area is 194 Å². The van der Waals surface area contributed by atoms with Crippen molar-refractivity contribution in [2.75, 3.05) is 0 Å². The van der Waals surface area contributed by atoms with Gasteiger partial charge in [-0.3, -0.25) is 0 Å². The molecule has 0 aliphatic carbocycles. The number of H-pyrrole nitrogens is 1. The van der Waals surface area contributed by atoms with Crippen molar-refractivity contribution in [3.8, 4) is 22.3 Å². The zero-order valence-corrected chi connectivity index (χ0v) is 19.6. The minimum atomic E-state index is 1.18. The van der Waals surface area contributed by atoms with E-state index in [0.717, 1.165) is 0 Å². The first-order chi connectivity index (χ1) is 16.0. The van der Waals surface area contributed by atoms with Gasteiger partial charge in [-0.15, -0.1) is 0 Å². The van der Waals surface area contributed by atoms with E-state index >= 15 is 0 Å². The van der Waals surface area contributed by atoms with Gasteiger partial charge in [0.2, 0.25) is 0 Å². The fraction of sp³-hybridized carbons (Fsp3) is 0.125. The number of rotatable bonds is 2. The van der Waals surface area contributed by atoms with Crippen LogP contribution in [-0.2, 0) is 0 Å². The lowest BCUT2D eigenvalue weighted by molar-refractivity contribution is 1.38. The van der Waals surface area contributed by atoms with Crippen molar-refractivity contribution >= 4 is 32.6 Å². The first-order valence-corrected chi connectivity index (χ1v) is 11.6. The second-order valence-corrected chi connectivity index (χ2v) is 9.31. The molecule has 0 radical (unpaired) electrons. The highest BCUT2D eigenvalue weighted by Gasteiger charge is 2.16. The molecule has 160 valence electrons. The highest BCUT2D eigenvalue weighted by atomic mass is 14.7. The fourth-order valence-electron chi connectivity index (χ4n) is 5.60. The fourth-order valence-corrected chi connectivity index (χ4v) is 5.60. The van der Waals surface area contributed by atoms with Gasteiger partial charge in [0, 0.05) is 21.7 Å². The van der Waals surface area contributed by atoms with Gasteiger partial charge in [0.1, 0.15) is 0 Å². The molecule has 6 rings (SSSR count). The maximum Gasteiger partial charge on any atom is 0.0544 e. The summed E-state index contributed by atoms with van der Waals surface area (Å²) in [6.07, 6.45) is 0. The molecule has 0 bridgehead atoms. The van der Waals surface area contributed by atoms with Crippen LogP contribution in [0.3, 0.4) is 0 Å². The smallest absolute Gasteiger partial charge is 0.0544 e. The average molecular weight is 426 g/mol. The van der Waals surface area contributed by atoms with E-state index in [2.05, 4.69) is 118 Å². The Hall–Kier alpha value is -3.84. The minimum Gasteiger partial charge on any atom is -0.354 e. The van der Waals surface area contributed by atoms with Crippen molar-refractivity contribution in [1.29, 1.82) is 0 Å². The molecule has 0 unspecified atom stereocenters. The van der Waals surface area contributed by atoms with E-state index in [1.165, 1.54) is 77.1 Å². The lowest BCUT2D eigenvalue weighted by atomic mass is 9.90. The molecule has 0 fully saturated rings. The van der Waals surface area contributed by atoms with Gasteiger partial charge in [-0.2, -0.15) is 0 Å². The summed E-state index contributed by atoms with van der Waals surface area (Å²) >= 11 is 0. The van der Waals surface area contributed by atoms with E-state index in [-0.39, 0.29) is 0 Å². The standard InChI is InChI=1S/C32H27N/c1-19-9-7-10-20(2)30(19)23-15-16-29-26(17-23)28-18-27(31-21(3)11-8-12-22(31)4)24-13-5-6-14-25(24)32(28)33-29/h5-18,33H,1-4H3. The van der Waals surface area contributed by atoms with Crippen molar-refractivity contribution < 1.29 is 0 Å². The topological polar surface area (TPSA) is 15.8 Å². The SMILES string of the molecule is Cc1cccc(C)c1-c1ccc2[nH]c3c4ccccc4c(-c4c(C)cccc4C)cc3c2c1. The van der Waals surface area contributed by atoms with Gasteiger partial charge < -0.3 is 4.98 Å². The molecule has 1 heterocycles. The maximum atomic E-state index is 3.74. The zero-order chi connectivity index (χ0) is 22.7. The highest BCUT2D eigenvalue weighted by Crippen LogP contribution is 2.41. The number of benzene rings is 5. The van der Waals surface area contributed by atoms with Crippen LogP contribution in [-0.4, -0.2) is 4.98 Å². The molecule has 0 atom stereocenters. The van der Waals surface area contributed by atoms with Gasteiger partial charge in [0.05, 0.1) is 5.52 Å². The molecule has 6 aromatic rings. The number of aromatic amines is 1. The number of fused-ring (bicyclic) bond motifs is 5. The molecule has 0 spiro atoms. The Morgan fingerprint density at radius 2 is 1.09 bits per heavy atom. The molecule has 1 N–H and O–H groups in total. The van der Waals surface area contributed by atoms with Crippen LogP contribution >= 0.6 is 0 Å². The Bertz CT molecular complexity index is 1660. The number of hydrogen-bond acceptors (Lipinski definition) is 0. The Morgan fingerprint density at radius 3 is 1.76 bits per heavy atom. The van der Waals surface area contributed by atoms with Crippen molar-refractivity contribution in [3.63, 3.8) is 0 Å². The third-order valence-electron chi connectivity index (χ3n) is 7.13. The molecule has 0 saturated heterocycles. The molecule has 0 saturated carbocycles. The maximum absolute atomic E-state index is 3.74. The van der Waals surface area contributed by atoms with Crippen LogP contribution in [0.1, 0.15) is 22.3 Å². The van der Waals surface area contributed by atoms with Crippen LogP contribution < -0.4 is 0 Å². The molecule has 0 aliphatic rings. The molecular weight excluding hydrogens is 398 g/mol. The summed E-state index contributed by atoms with van der Waals surface area (Å²) in [6, 6.07) is 31.2. The first kappa shape index (κ1) is 19.8. The summed E-state index contributed by atoms with van der Waals surface area (Å²) in [5.41, 5.74) is 12.9. The van der Waals surface area contributed by atoms with Gasteiger partial charge in [0.25, 0.3) is 0 Å². The number of nitrogens with one attached hydrogen (secondary N) is 1. The van der Waals surface area contributed by atoms with Gasteiger partial charge in [-0.05, 0) is 95.8 Å². The monoisotopic (exact) mass is 425 g/mol. The molecule has 1 aromatic heterocycles. The van der Waals surface area contributed by atoms with E-state index in [0.29, 0.717) is 0 Å². The van der Waals surface area contributed by atoms with E-state index in [1.807, 2.05) is 0 Å². The Morgan fingerprint density at radius 1 is 0.485 bits per heavy atom. The highest BCUT2D eigenvalue weighted by molar-refractivity contribution is 6.21.